The largest absolute Gasteiger partial charge is 0.496 e. The lowest BCUT2D eigenvalue weighted by Gasteiger charge is -2.19. The van der Waals surface area contributed by atoms with Crippen LogP contribution in [0.25, 0.3) is 0 Å². The topological polar surface area (TPSA) is 47.3 Å². The Morgan fingerprint density at radius 1 is 1.14 bits per heavy atom. The summed E-state index contributed by atoms with van der Waals surface area (Å²) in [5.41, 5.74) is 6.34. The van der Waals surface area contributed by atoms with E-state index in [-0.39, 0.29) is 6.04 Å². The van der Waals surface area contributed by atoms with Crippen molar-refractivity contribution in [1.29, 1.82) is 0 Å². The van der Waals surface area contributed by atoms with Crippen LogP contribution in [-0.4, -0.2) is 7.11 Å². The lowest BCUT2D eigenvalue weighted by molar-refractivity contribution is 0.405. The summed E-state index contributed by atoms with van der Waals surface area (Å²) >= 11 is 7.04. The minimum Gasteiger partial charge on any atom is -0.496 e. The first-order valence-corrected chi connectivity index (χ1v) is 8.17. The van der Waals surface area contributed by atoms with Crippen LogP contribution < -0.4 is 16.0 Å². The quantitative estimate of drug-likeness (QED) is 0.568. The van der Waals surface area contributed by atoms with Crippen molar-refractivity contribution in [1.82, 2.24) is 5.43 Å². The number of hydrazine groups is 1. The van der Waals surface area contributed by atoms with Gasteiger partial charge < -0.3 is 4.74 Å². The van der Waals surface area contributed by atoms with Crippen molar-refractivity contribution in [2.45, 2.75) is 19.4 Å². The van der Waals surface area contributed by atoms with Crippen molar-refractivity contribution in [2.75, 3.05) is 7.11 Å². The monoisotopic (exact) mass is 412 g/mol. The zero-order valence-electron chi connectivity index (χ0n) is 12.0. The summed E-state index contributed by atoms with van der Waals surface area (Å²) in [6.07, 6.45) is 0.745. The number of rotatable bonds is 5. The lowest BCUT2D eigenvalue weighted by Crippen LogP contribution is -2.29. The van der Waals surface area contributed by atoms with Gasteiger partial charge in [0.1, 0.15) is 5.75 Å². The second-order valence-electron chi connectivity index (χ2n) is 4.94. The summed E-state index contributed by atoms with van der Waals surface area (Å²) < 4.78 is 7.51. The first kappa shape index (κ1) is 16.5. The van der Waals surface area contributed by atoms with E-state index in [0.29, 0.717) is 0 Å². The van der Waals surface area contributed by atoms with E-state index in [9.17, 15) is 0 Å². The van der Waals surface area contributed by atoms with Crippen molar-refractivity contribution in [3.8, 4) is 5.75 Å². The summed E-state index contributed by atoms with van der Waals surface area (Å²) in [6.45, 7) is 2.07. The van der Waals surface area contributed by atoms with E-state index in [1.807, 2.05) is 12.1 Å². The smallest absolute Gasteiger partial charge is 0.122 e. The van der Waals surface area contributed by atoms with Crippen LogP contribution >= 0.6 is 31.9 Å². The first-order chi connectivity index (χ1) is 10.0. The molecule has 0 fully saturated rings. The molecule has 1 atom stereocenters. The molecule has 0 radical (unpaired) electrons. The molecular weight excluding hydrogens is 396 g/mol. The molecule has 3 nitrogen and oxygen atoms in total. The summed E-state index contributed by atoms with van der Waals surface area (Å²) in [5, 5.41) is 0. The van der Waals surface area contributed by atoms with Gasteiger partial charge in [-0.15, -0.1) is 0 Å². The molecule has 0 amide bonds. The van der Waals surface area contributed by atoms with Gasteiger partial charge in [-0.2, -0.15) is 0 Å². The number of halogens is 2. The second kappa shape index (κ2) is 7.40. The third-order valence-corrected chi connectivity index (χ3v) is 4.29. The molecule has 0 bridgehead atoms. The summed E-state index contributed by atoms with van der Waals surface area (Å²) in [4.78, 5) is 0. The van der Waals surface area contributed by atoms with Gasteiger partial charge in [0.05, 0.1) is 13.2 Å². The molecule has 21 heavy (non-hydrogen) atoms. The molecule has 0 aliphatic rings. The van der Waals surface area contributed by atoms with E-state index in [1.165, 1.54) is 5.56 Å². The minimum atomic E-state index is 0.0180. The van der Waals surface area contributed by atoms with Crippen molar-refractivity contribution in [3.63, 3.8) is 0 Å². The van der Waals surface area contributed by atoms with Crippen molar-refractivity contribution in [3.05, 3.63) is 62.0 Å². The molecule has 0 saturated carbocycles. The van der Waals surface area contributed by atoms with Gasteiger partial charge in [-0.25, -0.2) is 0 Å². The van der Waals surface area contributed by atoms with Gasteiger partial charge in [-0.1, -0.05) is 37.9 Å². The predicted octanol–water partition coefficient (Wildman–Crippen LogP) is 4.28. The number of nitrogens with two attached hydrogens (primary N) is 1. The molecule has 1 unspecified atom stereocenters. The number of hydrogen-bond acceptors (Lipinski definition) is 3. The van der Waals surface area contributed by atoms with Gasteiger partial charge in [0, 0.05) is 8.95 Å². The Labute approximate surface area is 142 Å². The van der Waals surface area contributed by atoms with Gasteiger partial charge in [0.15, 0.2) is 0 Å². The van der Waals surface area contributed by atoms with E-state index in [2.05, 4.69) is 68.5 Å². The molecule has 0 aliphatic heterocycles. The lowest BCUT2D eigenvalue weighted by atomic mass is 9.97. The molecule has 0 saturated heterocycles. The summed E-state index contributed by atoms with van der Waals surface area (Å²) in [5.74, 6) is 6.63. The molecule has 2 aromatic rings. The maximum atomic E-state index is 5.76. The van der Waals surface area contributed by atoms with E-state index in [1.54, 1.807) is 7.11 Å². The molecule has 2 rings (SSSR count). The van der Waals surface area contributed by atoms with E-state index in [4.69, 9.17) is 10.6 Å². The molecule has 0 heterocycles. The minimum absolute atomic E-state index is 0.0180. The second-order valence-corrected chi connectivity index (χ2v) is 6.77. The van der Waals surface area contributed by atoms with Crippen LogP contribution in [0.1, 0.15) is 22.7 Å². The molecule has 5 heteroatoms. The number of aryl methyl sites for hydroxylation is 1. The number of benzene rings is 2. The van der Waals surface area contributed by atoms with E-state index in [0.717, 1.165) is 32.2 Å². The Bertz CT molecular complexity index is 611. The Morgan fingerprint density at radius 3 is 2.52 bits per heavy atom. The highest BCUT2D eigenvalue weighted by Gasteiger charge is 2.15. The molecule has 3 N–H and O–H groups in total. The van der Waals surface area contributed by atoms with Crippen molar-refractivity contribution in [2.24, 2.45) is 5.84 Å². The van der Waals surface area contributed by atoms with Crippen molar-refractivity contribution >= 4 is 31.9 Å². The van der Waals surface area contributed by atoms with Crippen LogP contribution in [0.15, 0.2) is 45.3 Å². The Balaban J connectivity index is 2.32. The number of hydrogen-bond donors (Lipinski definition) is 2. The Hall–Kier alpha value is -0.880. The zero-order valence-corrected chi connectivity index (χ0v) is 15.2. The number of methoxy groups -OCH3 is 1. The molecule has 2 aromatic carbocycles. The summed E-state index contributed by atoms with van der Waals surface area (Å²) in [6, 6.07) is 12.3. The Kier molecular flexibility index (Phi) is 5.81. The zero-order chi connectivity index (χ0) is 15.4. The average molecular weight is 414 g/mol. The standard InChI is InChI=1S/C16H18Br2N2O/c1-10-5-11(7-14(18)6-10)15(20-19)9-12-8-13(17)3-4-16(12)21-2/h3-8,15,20H,9,19H2,1-2H3. The SMILES string of the molecule is COc1ccc(Br)cc1CC(NN)c1cc(C)cc(Br)c1. The highest BCUT2D eigenvalue weighted by Crippen LogP contribution is 2.29. The average Bonchev–Trinajstić information content (AvgIpc) is 2.43. The highest BCUT2D eigenvalue weighted by molar-refractivity contribution is 9.10. The van der Waals surface area contributed by atoms with Gasteiger partial charge in [-0.05, 0) is 60.4 Å². The van der Waals surface area contributed by atoms with Crippen LogP contribution in [0.5, 0.6) is 5.75 Å². The number of nitrogens with one attached hydrogen (secondary N) is 1. The van der Waals surface area contributed by atoms with E-state index < -0.39 is 0 Å². The van der Waals surface area contributed by atoms with Gasteiger partial charge in [0.2, 0.25) is 0 Å². The van der Waals surface area contributed by atoms with Crippen LogP contribution in [-0.2, 0) is 6.42 Å². The van der Waals surface area contributed by atoms with Crippen LogP contribution in [0.4, 0.5) is 0 Å². The summed E-state index contributed by atoms with van der Waals surface area (Å²) in [7, 11) is 1.68. The number of ether oxygens (including phenoxy) is 1. The molecule has 0 aromatic heterocycles. The molecule has 112 valence electrons. The third-order valence-electron chi connectivity index (χ3n) is 3.33. The fraction of sp³-hybridized carbons (Fsp3) is 0.250. The van der Waals surface area contributed by atoms with Crippen LogP contribution in [0, 0.1) is 6.92 Å². The van der Waals surface area contributed by atoms with Gasteiger partial charge >= 0.3 is 0 Å². The molecule has 0 spiro atoms. The molecule has 0 aliphatic carbocycles. The fourth-order valence-electron chi connectivity index (χ4n) is 2.37. The third kappa shape index (κ3) is 4.30. The van der Waals surface area contributed by atoms with Crippen LogP contribution in [0.2, 0.25) is 0 Å². The maximum Gasteiger partial charge on any atom is 0.122 e. The van der Waals surface area contributed by atoms with E-state index >= 15 is 0 Å². The highest BCUT2D eigenvalue weighted by atomic mass is 79.9. The molecular formula is C16H18Br2N2O. The van der Waals surface area contributed by atoms with Crippen molar-refractivity contribution < 1.29 is 4.74 Å². The first-order valence-electron chi connectivity index (χ1n) is 6.59. The Morgan fingerprint density at radius 2 is 1.90 bits per heavy atom. The predicted molar refractivity (Wildman–Crippen MR) is 93.3 cm³/mol. The fourth-order valence-corrected chi connectivity index (χ4v) is 3.40. The van der Waals surface area contributed by atoms with Gasteiger partial charge in [0.25, 0.3) is 0 Å². The maximum absolute atomic E-state index is 5.76. The van der Waals surface area contributed by atoms with Crippen LogP contribution in [0.3, 0.4) is 0 Å². The van der Waals surface area contributed by atoms with Gasteiger partial charge in [-0.3, -0.25) is 11.3 Å². The normalized spacial score (nSPS) is 12.2.